The van der Waals surface area contributed by atoms with Crippen LogP contribution >= 0.6 is 23.2 Å². The maximum absolute atomic E-state index is 13.3. The smallest absolute Gasteiger partial charge is 0.338 e. The molecule has 1 atom stereocenters. The van der Waals surface area contributed by atoms with Crippen molar-refractivity contribution < 1.29 is 19.1 Å². The lowest BCUT2D eigenvalue weighted by molar-refractivity contribution is -0.141. The zero-order chi connectivity index (χ0) is 21.7. The molecule has 0 saturated heterocycles. The average Bonchev–Trinajstić information content (AvgIpc) is 3.26. The molecule has 0 radical (unpaired) electrons. The first-order valence-electron chi connectivity index (χ1n) is 8.99. The molecule has 3 rings (SSSR count). The first-order chi connectivity index (χ1) is 14.3. The van der Waals surface area contributed by atoms with Crippen LogP contribution in [0.2, 0.25) is 10.0 Å². The number of hydrogen-bond acceptors (Lipinski definition) is 6. The molecule has 0 amide bonds. The van der Waals surface area contributed by atoms with Gasteiger partial charge in [-0.05, 0) is 62.4 Å². The molecule has 1 heterocycles. The molecule has 0 aliphatic heterocycles. The van der Waals surface area contributed by atoms with Crippen LogP contribution in [0.25, 0.3) is 0 Å². The molecule has 30 heavy (non-hydrogen) atoms. The van der Waals surface area contributed by atoms with Gasteiger partial charge in [-0.2, -0.15) is 5.10 Å². The van der Waals surface area contributed by atoms with Gasteiger partial charge in [-0.1, -0.05) is 23.2 Å². The predicted octanol–water partition coefficient (Wildman–Crippen LogP) is 4.61. The Bertz CT molecular complexity index is 1000. The van der Waals surface area contributed by atoms with Crippen molar-refractivity contribution in [3.63, 3.8) is 0 Å². The number of ether oxygens (including phenoxy) is 2. The van der Waals surface area contributed by atoms with E-state index < -0.39 is 17.6 Å². The van der Waals surface area contributed by atoms with Crippen molar-refractivity contribution >= 4 is 35.0 Å². The number of carbonyl (C=O) groups excluding carboxylic acids is 2. The highest BCUT2D eigenvalue weighted by Crippen LogP contribution is 2.28. The molecule has 3 aromatic rings. The van der Waals surface area contributed by atoms with Crippen molar-refractivity contribution in [2.24, 2.45) is 5.41 Å². The number of ketones is 1. The van der Waals surface area contributed by atoms with Gasteiger partial charge in [-0.15, -0.1) is 0 Å². The lowest BCUT2D eigenvalue weighted by Gasteiger charge is -2.28. The largest absolute Gasteiger partial charge is 0.461 e. The summed E-state index contributed by atoms with van der Waals surface area (Å²) >= 11 is 11.7. The Labute approximate surface area is 183 Å². The van der Waals surface area contributed by atoms with Gasteiger partial charge in [0.15, 0.2) is 0 Å². The fraction of sp³-hybridized carbons (Fsp3) is 0.238. The summed E-state index contributed by atoms with van der Waals surface area (Å²) in [5, 5.41) is 5.08. The summed E-state index contributed by atoms with van der Waals surface area (Å²) < 4.78 is 12.5. The van der Waals surface area contributed by atoms with Crippen LogP contribution in [0.3, 0.4) is 0 Å². The van der Waals surface area contributed by atoms with Crippen LogP contribution in [0, 0.1) is 5.41 Å². The van der Waals surface area contributed by atoms with Gasteiger partial charge in [0.2, 0.25) is 5.78 Å². The van der Waals surface area contributed by atoms with E-state index in [1.165, 1.54) is 17.3 Å². The van der Waals surface area contributed by atoms with Gasteiger partial charge < -0.3 is 9.47 Å². The lowest BCUT2D eigenvalue weighted by Crippen LogP contribution is -2.39. The van der Waals surface area contributed by atoms with Gasteiger partial charge in [0.1, 0.15) is 25.0 Å². The highest BCUT2D eigenvalue weighted by atomic mass is 35.5. The molecular weight excluding hydrogens is 429 g/mol. The Morgan fingerprint density at radius 3 is 2.20 bits per heavy atom. The molecule has 0 bridgehead atoms. The average molecular weight is 448 g/mol. The molecule has 0 aliphatic carbocycles. The number of halogens is 2. The van der Waals surface area contributed by atoms with Gasteiger partial charge in [-0.25, -0.2) is 14.5 Å². The normalized spacial score (nSPS) is 12.3. The third-order valence-electron chi connectivity index (χ3n) is 4.27. The number of aromatic nitrogens is 3. The summed E-state index contributed by atoms with van der Waals surface area (Å²) in [6.07, 6.45) is 1.59. The second-order valence-corrected chi connectivity index (χ2v) is 8.00. The maximum atomic E-state index is 13.3. The molecule has 2 aromatic carbocycles. The third kappa shape index (κ3) is 5.37. The van der Waals surface area contributed by atoms with E-state index in [9.17, 15) is 9.59 Å². The number of rotatable bonds is 8. The SMILES string of the molecule is CC(C)(COC(=O)c1ccc(Cl)cc1)C(=O)C(Oc1ccc(Cl)cc1)n1cncn1. The monoisotopic (exact) mass is 447 g/mol. The topological polar surface area (TPSA) is 83.3 Å². The number of nitrogens with zero attached hydrogens (tertiary/aromatic N) is 3. The van der Waals surface area contributed by atoms with Crippen molar-refractivity contribution in [2.75, 3.05) is 6.61 Å². The molecule has 0 saturated carbocycles. The van der Waals surface area contributed by atoms with Crippen molar-refractivity contribution in [3.8, 4) is 5.75 Å². The van der Waals surface area contributed by atoms with Gasteiger partial charge in [0.05, 0.1) is 11.0 Å². The highest BCUT2D eigenvalue weighted by Gasteiger charge is 2.38. The summed E-state index contributed by atoms with van der Waals surface area (Å²) in [6.45, 7) is 3.18. The fourth-order valence-electron chi connectivity index (χ4n) is 2.53. The van der Waals surface area contributed by atoms with Crippen LogP contribution < -0.4 is 4.74 Å². The summed E-state index contributed by atoms with van der Waals surface area (Å²) in [5.41, 5.74) is -0.724. The number of esters is 1. The molecule has 0 fully saturated rings. The second-order valence-electron chi connectivity index (χ2n) is 7.13. The molecule has 9 heteroatoms. The number of carbonyl (C=O) groups is 2. The van der Waals surface area contributed by atoms with E-state index in [2.05, 4.69) is 10.1 Å². The summed E-state index contributed by atoms with van der Waals surface area (Å²) in [6, 6.07) is 12.9. The van der Waals surface area contributed by atoms with Crippen molar-refractivity contribution in [2.45, 2.75) is 20.1 Å². The van der Waals surface area contributed by atoms with Gasteiger partial charge >= 0.3 is 5.97 Å². The van der Waals surface area contributed by atoms with E-state index in [1.54, 1.807) is 62.4 Å². The molecule has 0 aliphatic rings. The minimum atomic E-state index is -1.10. The quantitative estimate of drug-likeness (QED) is 0.468. The van der Waals surface area contributed by atoms with Crippen LogP contribution in [0.5, 0.6) is 5.75 Å². The molecule has 0 N–H and O–H groups in total. The van der Waals surface area contributed by atoms with E-state index >= 15 is 0 Å². The maximum Gasteiger partial charge on any atom is 0.338 e. The Kier molecular flexibility index (Phi) is 6.74. The van der Waals surface area contributed by atoms with E-state index in [0.29, 0.717) is 21.4 Å². The van der Waals surface area contributed by atoms with E-state index in [-0.39, 0.29) is 12.4 Å². The number of Topliss-reactive ketones (excluding diaryl/α,β-unsaturated/α-hetero) is 1. The highest BCUT2D eigenvalue weighted by molar-refractivity contribution is 6.30. The lowest BCUT2D eigenvalue weighted by atomic mass is 9.88. The number of benzene rings is 2. The first-order valence-corrected chi connectivity index (χ1v) is 9.75. The van der Waals surface area contributed by atoms with Gasteiger partial charge in [0, 0.05) is 10.0 Å². The zero-order valence-corrected chi connectivity index (χ0v) is 17.8. The molecule has 1 unspecified atom stereocenters. The van der Waals surface area contributed by atoms with Crippen LogP contribution in [0.1, 0.15) is 30.4 Å². The molecule has 0 spiro atoms. The summed E-state index contributed by atoms with van der Waals surface area (Å²) in [7, 11) is 0. The Morgan fingerprint density at radius 1 is 1.03 bits per heavy atom. The Hall–Kier alpha value is -2.90. The Balaban J connectivity index is 1.74. The summed E-state index contributed by atoms with van der Waals surface area (Å²) in [5.74, 6) is -0.461. The molecule has 1 aromatic heterocycles. The Morgan fingerprint density at radius 2 is 1.63 bits per heavy atom. The van der Waals surface area contributed by atoms with Crippen molar-refractivity contribution in [1.82, 2.24) is 14.8 Å². The van der Waals surface area contributed by atoms with Gasteiger partial charge in [-0.3, -0.25) is 4.79 Å². The minimum Gasteiger partial charge on any atom is -0.461 e. The van der Waals surface area contributed by atoms with Crippen molar-refractivity contribution in [3.05, 3.63) is 76.8 Å². The molecule has 156 valence electrons. The van der Waals surface area contributed by atoms with Crippen LogP contribution in [-0.2, 0) is 9.53 Å². The summed E-state index contributed by atoms with van der Waals surface area (Å²) in [4.78, 5) is 29.5. The third-order valence-corrected chi connectivity index (χ3v) is 4.78. The second kappa shape index (κ2) is 9.28. The predicted molar refractivity (Wildman–Crippen MR) is 112 cm³/mol. The standard InChI is InChI=1S/C21H19Cl2N3O4/c1-21(2,11-29-20(28)14-3-5-15(22)6-4-14)18(27)19(26-13-24-12-25-26)30-17-9-7-16(23)8-10-17/h3-10,12-13,19H,11H2,1-2H3. The molecule has 7 nitrogen and oxygen atoms in total. The van der Waals surface area contributed by atoms with Crippen LogP contribution in [0.15, 0.2) is 61.2 Å². The van der Waals surface area contributed by atoms with Crippen LogP contribution in [0.4, 0.5) is 0 Å². The minimum absolute atomic E-state index is 0.150. The van der Waals surface area contributed by atoms with E-state index in [0.717, 1.165) is 0 Å². The van der Waals surface area contributed by atoms with Crippen LogP contribution in [-0.4, -0.2) is 33.1 Å². The fourth-order valence-corrected chi connectivity index (χ4v) is 2.78. The first kappa shape index (κ1) is 21.8. The van der Waals surface area contributed by atoms with E-state index in [1.807, 2.05) is 0 Å². The number of hydrogen-bond donors (Lipinski definition) is 0. The molecular formula is C21H19Cl2N3O4. The van der Waals surface area contributed by atoms with E-state index in [4.69, 9.17) is 32.7 Å². The zero-order valence-electron chi connectivity index (χ0n) is 16.3. The van der Waals surface area contributed by atoms with Crippen molar-refractivity contribution in [1.29, 1.82) is 0 Å². The van der Waals surface area contributed by atoms with Gasteiger partial charge in [0.25, 0.3) is 6.23 Å².